The van der Waals surface area contributed by atoms with Gasteiger partial charge in [-0.3, -0.25) is 4.90 Å². The number of hydrogen-bond donors (Lipinski definition) is 0. The highest BCUT2D eigenvalue weighted by atomic mass is 31.0. The number of carbonyl (C=O) groups excluding carboxylic acids is 1. The lowest BCUT2D eigenvalue weighted by atomic mass is 10.6. The Labute approximate surface area is 56.5 Å². The minimum absolute atomic E-state index is 0.0417. The lowest BCUT2D eigenvalue weighted by Gasteiger charge is -2.07. The lowest BCUT2D eigenvalue weighted by molar-refractivity contribution is 0.209. The molecule has 0 N–H and O–H groups in total. The molecule has 0 atom stereocenters. The molecule has 1 aliphatic rings. The maximum absolute atomic E-state index is 10.9. The van der Waals surface area contributed by atoms with E-state index in [9.17, 15) is 4.79 Å². The summed E-state index contributed by atoms with van der Waals surface area (Å²) in [6.07, 6.45) is 0. The molecule has 0 radical (unpaired) electrons. The largest absolute Gasteiger partial charge is 0.324 e. The Morgan fingerprint density at radius 2 is 2.11 bits per heavy atom. The summed E-state index contributed by atoms with van der Waals surface area (Å²) in [5.74, 6) is 0. The Bertz CT molecular complexity index is 168. The molecule has 4 heteroatoms. The molecule has 0 aromatic heterocycles. The molecule has 1 fully saturated rings. The number of likely N-dealkylation sites (N-methyl/N-ethyl adjacent to an activating group) is 2. The van der Waals surface area contributed by atoms with Crippen molar-refractivity contribution in [3.63, 3.8) is 0 Å². The Morgan fingerprint density at radius 3 is 2.22 bits per heavy atom. The quantitative estimate of drug-likeness (QED) is 0.447. The van der Waals surface area contributed by atoms with Gasteiger partial charge in [0.25, 0.3) is 0 Å². The molecule has 2 amide bonds. The zero-order valence-electron chi connectivity index (χ0n) is 5.51. The first-order valence-corrected chi connectivity index (χ1v) is 3.19. The summed E-state index contributed by atoms with van der Waals surface area (Å²) in [6, 6.07) is 0.0417. The van der Waals surface area contributed by atoms with Crippen molar-refractivity contribution in [2.75, 3.05) is 20.6 Å². The van der Waals surface area contributed by atoms with Crippen molar-refractivity contribution in [2.24, 2.45) is 0 Å². The van der Waals surface area contributed by atoms with Crippen molar-refractivity contribution in [3.05, 3.63) is 0 Å². The van der Waals surface area contributed by atoms with Crippen LogP contribution < -0.4 is 0 Å². The van der Waals surface area contributed by atoms with E-state index < -0.39 is 0 Å². The summed E-state index contributed by atoms with van der Waals surface area (Å²) >= 11 is 0. The summed E-state index contributed by atoms with van der Waals surface area (Å²) in [6.45, 7) is 0.687. The summed E-state index contributed by atoms with van der Waals surface area (Å²) in [5, 5.41) is 0. The summed E-state index contributed by atoms with van der Waals surface area (Å²) in [4.78, 5) is 14.1. The first-order valence-electron chi connectivity index (χ1n) is 2.69. The molecule has 1 aliphatic heterocycles. The van der Waals surface area contributed by atoms with Crippen LogP contribution in [0.3, 0.4) is 0 Å². The second-order valence-corrected chi connectivity index (χ2v) is 2.72. The van der Waals surface area contributed by atoms with Crippen molar-refractivity contribution >= 4 is 20.3 Å². The molecule has 9 heavy (non-hydrogen) atoms. The van der Waals surface area contributed by atoms with E-state index >= 15 is 0 Å². The van der Waals surface area contributed by atoms with Crippen LogP contribution in [0.25, 0.3) is 0 Å². The fraction of sp³-hybridized carbons (Fsp3) is 0.600. The van der Waals surface area contributed by atoms with Gasteiger partial charge < -0.3 is 4.90 Å². The Hall–Kier alpha value is -0.560. The highest BCUT2D eigenvalue weighted by Crippen LogP contribution is 2.06. The first-order chi connectivity index (χ1) is 4.13. The van der Waals surface area contributed by atoms with E-state index in [1.54, 1.807) is 23.9 Å². The number of nitrogens with zero attached hydrogens (tertiary/aromatic N) is 2. The summed E-state index contributed by atoms with van der Waals surface area (Å²) < 4.78 is 0. The molecule has 0 aromatic rings. The molecular formula is C5H9N2OP. The molecule has 0 saturated carbocycles. The highest BCUT2D eigenvalue weighted by molar-refractivity contribution is 7.21. The minimum atomic E-state index is 0.0417. The van der Waals surface area contributed by atoms with Crippen LogP contribution in [0.4, 0.5) is 4.79 Å². The third-order valence-corrected chi connectivity index (χ3v) is 1.90. The van der Waals surface area contributed by atoms with Crippen molar-refractivity contribution in [1.82, 2.24) is 9.80 Å². The van der Waals surface area contributed by atoms with Crippen molar-refractivity contribution in [1.29, 1.82) is 0 Å². The number of carbonyl (C=O) groups is 1. The van der Waals surface area contributed by atoms with E-state index in [0.29, 0.717) is 6.54 Å². The monoisotopic (exact) mass is 144 g/mol. The molecule has 3 nitrogen and oxygen atoms in total. The van der Waals surface area contributed by atoms with Crippen LogP contribution in [0.5, 0.6) is 0 Å². The van der Waals surface area contributed by atoms with Gasteiger partial charge in [-0.1, -0.05) is 8.86 Å². The number of amides is 2. The molecule has 1 rings (SSSR count). The second-order valence-electron chi connectivity index (χ2n) is 2.14. The van der Waals surface area contributed by atoms with Crippen LogP contribution in [0.2, 0.25) is 0 Å². The van der Waals surface area contributed by atoms with Crippen molar-refractivity contribution in [3.8, 4) is 0 Å². The maximum atomic E-state index is 10.9. The van der Waals surface area contributed by atoms with Crippen LogP contribution in [-0.2, 0) is 0 Å². The summed E-state index contributed by atoms with van der Waals surface area (Å²) in [7, 11) is 6.83. The summed E-state index contributed by atoms with van der Waals surface area (Å²) in [5.41, 5.74) is 0.919. The van der Waals surface area contributed by atoms with Gasteiger partial charge in [-0.2, -0.15) is 0 Å². The van der Waals surface area contributed by atoms with Crippen LogP contribution >= 0.6 is 8.86 Å². The topological polar surface area (TPSA) is 23.6 Å². The van der Waals surface area contributed by atoms with Crippen molar-refractivity contribution < 1.29 is 4.79 Å². The maximum Gasteiger partial charge on any atom is 0.324 e. The molecule has 0 bridgehead atoms. The normalized spacial score (nSPS) is 19.8. The van der Waals surface area contributed by atoms with Gasteiger partial charge in [0.05, 0.1) is 12.0 Å². The van der Waals surface area contributed by atoms with Gasteiger partial charge in [-0.15, -0.1) is 0 Å². The second kappa shape index (κ2) is 1.99. The molecule has 1 saturated heterocycles. The Balaban J connectivity index is 2.77. The molecule has 0 unspecified atom stereocenters. The molecule has 0 aliphatic carbocycles. The van der Waals surface area contributed by atoms with E-state index in [4.69, 9.17) is 0 Å². The van der Waals surface area contributed by atoms with E-state index in [1.165, 1.54) is 0 Å². The van der Waals surface area contributed by atoms with Gasteiger partial charge in [0.2, 0.25) is 0 Å². The average Bonchev–Trinajstić information content (AvgIpc) is 1.98. The van der Waals surface area contributed by atoms with Gasteiger partial charge in [-0.25, -0.2) is 4.79 Å². The van der Waals surface area contributed by atoms with Crippen LogP contribution in [0.1, 0.15) is 0 Å². The van der Waals surface area contributed by atoms with Gasteiger partial charge in [0, 0.05) is 14.1 Å². The standard InChI is InChI=1S/C5H9N2OP/c1-6-3-4(9)7(2)5(6)8/h9H,3H2,1-2H3. The number of hydrogen-bond acceptors (Lipinski definition) is 1. The predicted octanol–water partition coefficient (Wildman–Crippen LogP) is 0.256. The third-order valence-electron chi connectivity index (χ3n) is 1.41. The van der Waals surface area contributed by atoms with E-state index in [2.05, 4.69) is 8.86 Å². The molecular weight excluding hydrogens is 135 g/mol. The van der Waals surface area contributed by atoms with Crippen LogP contribution in [0.15, 0.2) is 0 Å². The number of rotatable bonds is 0. The molecule has 0 aromatic carbocycles. The van der Waals surface area contributed by atoms with E-state index in [1.807, 2.05) is 0 Å². The van der Waals surface area contributed by atoms with Crippen molar-refractivity contribution in [2.45, 2.75) is 0 Å². The first kappa shape index (κ1) is 6.56. The van der Waals surface area contributed by atoms with E-state index in [-0.39, 0.29) is 6.03 Å². The SMILES string of the molecule is CN1CC(=P)N(C)C1=O. The number of urea groups is 1. The zero-order valence-corrected chi connectivity index (χ0v) is 6.51. The van der Waals surface area contributed by atoms with Gasteiger partial charge in [0.15, 0.2) is 0 Å². The molecule has 50 valence electrons. The zero-order chi connectivity index (χ0) is 7.02. The fourth-order valence-corrected chi connectivity index (χ4v) is 1.10. The van der Waals surface area contributed by atoms with Crippen LogP contribution in [0, 0.1) is 0 Å². The Kier molecular flexibility index (Phi) is 1.45. The molecule has 0 spiro atoms. The third kappa shape index (κ3) is 0.924. The molecule has 1 heterocycles. The predicted molar refractivity (Wildman–Crippen MR) is 39.1 cm³/mol. The highest BCUT2D eigenvalue weighted by Gasteiger charge is 2.25. The lowest BCUT2D eigenvalue weighted by Crippen LogP contribution is -2.26. The smallest absolute Gasteiger partial charge is 0.321 e. The van der Waals surface area contributed by atoms with Gasteiger partial charge >= 0.3 is 6.03 Å². The van der Waals surface area contributed by atoms with Gasteiger partial charge in [0.1, 0.15) is 0 Å². The fourth-order valence-electron chi connectivity index (χ4n) is 0.770. The minimum Gasteiger partial charge on any atom is -0.321 e. The van der Waals surface area contributed by atoms with Gasteiger partial charge in [-0.05, 0) is 0 Å². The van der Waals surface area contributed by atoms with E-state index in [0.717, 1.165) is 5.42 Å². The Morgan fingerprint density at radius 1 is 1.56 bits per heavy atom. The average molecular weight is 144 g/mol. The van der Waals surface area contributed by atoms with Crippen LogP contribution in [-0.4, -0.2) is 41.9 Å².